The predicted octanol–water partition coefficient (Wildman–Crippen LogP) is 4.22. The van der Waals surface area contributed by atoms with Gasteiger partial charge < -0.3 is 9.84 Å². The van der Waals surface area contributed by atoms with Crippen LogP contribution in [0, 0.1) is 5.82 Å². The van der Waals surface area contributed by atoms with Crippen molar-refractivity contribution in [2.24, 2.45) is 0 Å². The van der Waals surface area contributed by atoms with Crippen molar-refractivity contribution in [1.82, 2.24) is 0 Å². The average Bonchev–Trinajstić information content (AvgIpc) is 2.37. The van der Waals surface area contributed by atoms with Crippen molar-refractivity contribution in [3.63, 3.8) is 0 Å². The molecule has 0 saturated heterocycles. The van der Waals surface area contributed by atoms with Gasteiger partial charge in [0.2, 0.25) is 0 Å². The fraction of sp³-hybridized carbons (Fsp3) is 0.200. The molecule has 0 radical (unpaired) electrons. The van der Waals surface area contributed by atoms with E-state index in [1.165, 1.54) is 18.2 Å². The summed E-state index contributed by atoms with van der Waals surface area (Å²) in [5, 5.41) is 9.64. The second kappa shape index (κ2) is 6.17. The lowest BCUT2D eigenvalue weighted by Crippen LogP contribution is -2.02. The number of ether oxygens (including phenoxy) is 1. The number of benzene rings is 2. The molecule has 0 aliphatic heterocycles. The summed E-state index contributed by atoms with van der Waals surface area (Å²) < 4.78 is 19.8. The van der Waals surface area contributed by atoms with Crippen molar-refractivity contribution in [3.8, 4) is 5.75 Å². The number of aliphatic hydroxyl groups is 1. The molecule has 2 aromatic rings. The first kappa shape index (κ1) is 14.0. The van der Waals surface area contributed by atoms with E-state index in [0.29, 0.717) is 17.9 Å². The highest BCUT2D eigenvalue weighted by Gasteiger charge is 2.11. The van der Waals surface area contributed by atoms with E-state index < -0.39 is 6.10 Å². The summed E-state index contributed by atoms with van der Waals surface area (Å²) in [6.45, 7) is 1.93. The molecule has 2 nitrogen and oxygen atoms in total. The molecule has 0 aliphatic carbocycles. The van der Waals surface area contributed by atoms with Gasteiger partial charge in [-0.15, -0.1) is 0 Å². The van der Waals surface area contributed by atoms with Gasteiger partial charge in [0.1, 0.15) is 18.2 Å². The van der Waals surface area contributed by atoms with Crippen molar-refractivity contribution < 1.29 is 14.2 Å². The Morgan fingerprint density at radius 2 is 2.00 bits per heavy atom. The highest BCUT2D eigenvalue weighted by molar-refractivity contribution is 9.10. The zero-order valence-electron chi connectivity index (χ0n) is 10.4. The second-order valence-electron chi connectivity index (χ2n) is 4.24. The Morgan fingerprint density at radius 3 is 2.68 bits per heavy atom. The second-order valence-corrected chi connectivity index (χ2v) is 5.09. The van der Waals surface area contributed by atoms with Gasteiger partial charge in [0.15, 0.2) is 0 Å². The minimum Gasteiger partial charge on any atom is -0.488 e. The largest absolute Gasteiger partial charge is 0.488 e. The van der Waals surface area contributed by atoms with Crippen molar-refractivity contribution in [2.75, 3.05) is 0 Å². The molecule has 2 aromatic carbocycles. The van der Waals surface area contributed by atoms with Gasteiger partial charge in [-0.05, 0) is 25.1 Å². The zero-order chi connectivity index (χ0) is 13.8. The van der Waals surface area contributed by atoms with Crippen molar-refractivity contribution in [2.45, 2.75) is 19.6 Å². The third-order valence-corrected chi connectivity index (χ3v) is 3.54. The van der Waals surface area contributed by atoms with Gasteiger partial charge in [-0.3, -0.25) is 0 Å². The molecule has 19 heavy (non-hydrogen) atoms. The average molecular weight is 325 g/mol. The molecule has 0 amide bonds. The Morgan fingerprint density at radius 1 is 1.26 bits per heavy atom. The summed E-state index contributed by atoms with van der Waals surface area (Å²) in [6, 6.07) is 11.8. The van der Waals surface area contributed by atoms with Crippen LogP contribution in [-0.2, 0) is 6.61 Å². The summed E-state index contributed by atoms with van der Waals surface area (Å²) in [6.07, 6.45) is -0.699. The maximum absolute atomic E-state index is 13.2. The van der Waals surface area contributed by atoms with Crippen LogP contribution in [0.4, 0.5) is 4.39 Å². The van der Waals surface area contributed by atoms with Gasteiger partial charge in [0.25, 0.3) is 0 Å². The quantitative estimate of drug-likeness (QED) is 0.912. The highest BCUT2D eigenvalue weighted by Crippen LogP contribution is 2.27. The van der Waals surface area contributed by atoms with E-state index in [2.05, 4.69) is 15.9 Å². The molecule has 100 valence electrons. The maximum Gasteiger partial charge on any atom is 0.128 e. The molecule has 2 rings (SSSR count). The molecular formula is C15H14BrFO2. The maximum atomic E-state index is 13.2. The molecule has 0 spiro atoms. The molecule has 1 N–H and O–H groups in total. The summed E-state index contributed by atoms with van der Waals surface area (Å²) in [7, 11) is 0. The summed E-state index contributed by atoms with van der Waals surface area (Å²) in [5.74, 6) is -0.0164. The normalized spacial score (nSPS) is 12.2. The lowest BCUT2D eigenvalue weighted by Gasteiger charge is -2.14. The molecule has 0 saturated carbocycles. The molecule has 0 unspecified atom stereocenters. The molecule has 1 atom stereocenters. The van der Waals surface area contributed by atoms with Crippen LogP contribution in [0.5, 0.6) is 5.75 Å². The van der Waals surface area contributed by atoms with Crippen LogP contribution in [0.15, 0.2) is 46.9 Å². The lowest BCUT2D eigenvalue weighted by atomic mass is 10.1. The van der Waals surface area contributed by atoms with Crippen LogP contribution >= 0.6 is 15.9 Å². The smallest absolute Gasteiger partial charge is 0.128 e. The predicted molar refractivity (Wildman–Crippen MR) is 75.5 cm³/mol. The molecule has 0 heterocycles. The minimum atomic E-state index is -0.699. The van der Waals surface area contributed by atoms with Crippen molar-refractivity contribution in [1.29, 1.82) is 0 Å². The third kappa shape index (κ3) is 3.55. The number of rotatable bonds is 4. The van der Waals surface area contributed by atoms with Gasteiger partial charge in [0, 0.05) is 21.7 Å². The number of aliphatic hydroxyl groups excluding tert-OH is 1. The summed E-state index contributed by atoms with van der Waals surface area (Å²) in [5.41, 5.74) is 1.54. The minimum absolute atomic E-state index is 0.310. The molecule has 4 heteroatoms. The van der Waals surface area contributed by atoms with Gasteiger partial charge in [-0.25, -0.2) is 4.39 Å². The molecule has 0 bridgehead atoms. The van der Waals surface area contributed by atoms with E-state index in [1.54, 1.807) is 6.92 Å². The van der Waals surface area contributed by atoms with Gasteiger partial charge in [-0.2, -0.15) is 0 Å². The Labute approximate surface area is 120 Å². The summed E-state index contributed by atoms with van der Waals surface area (Å²) in [4.78, 5) is 0. The first-order valence-electron chi connectivity index (χ1n) is 5.91. The number of halogens is 2. The Hall–Kier alpha value is -1.39. The van der Waals surface area contributed by atoms with E-state index in [1.807, 2.05) is 24.3 Å². The molecule has 0 aliphatic rings. The van der Waals surface area contributed by atoms with Crippen LogP contribution < -0.4 is 4.74 Å². The van der Waals surface area contributed by atoms with Gasteiger partial charge in [-0.1, -0.05) is 34.1 Å². The Bertz CT molecular complexity index is 570. The van der Waals surface area contributed by atoms with Crippen molar-refractivity contribution in [3.05, 3.63) is 63.9 Å². The van der Waals surface area contributed by atoms with Crippen LogP contribution in [0.2, 0.25) is 0 Å². The molecular weight excluding hydrogens is 311 g/mol. The van der Waals surface area contributed by atoms with Crippen LogP contribution in [0.25, 0.3) is 0 Å². The number of hydrogen-bond donors (Lipinski definition) is 1. The van der Waals surface area contributed by atoms with E-state index in [-0.39, 0.29) is 5.82 Å². The lowest BCUT2D eigenvalue weighted by molar-refractivity contribution is 0.189. The topological polar surface area (TPSA) is 29.5 Å². The van der Waals surface area contributed by atoms with Gasteiger partial charge in [0.05, 0.1) is 6.10 Å². The fourth-order valence-corrected chi connectivity index (χ4v) is 2.15. The highest BCUT2D eigenvalue weighted by atomic mass is 79.9. The first-order chi connectivity index (χ1) is 9.08. The standard InChI is InChI=1S/C15H14BrFO2/c1-10(18)13-7-6-12(17)8-15(13)19-9-11-4-2-3-5-14(11)16/h2-8,10,18H,9H2,1H3/t10-/m1/s1. The first-order valence-corrected chi connectivity index (χ1v) is 6.71. The Kier molecular flexibility index (Phi) is 4.56. The zero-order valence-corrected chi connectivity index (χ0v) is 12.0. The third-order valence-electron chi connectivity index (χ3n) is 2.77. The SMILES string of the molecule is C[C@@H](O)c1ccc(F)cc1OCc1ccccc1Br. The van der Waals surface area contributed by atoms with Crippen LogP contribution in [-0.4, -0.2) is 5.11 Å². The fourth-order valence-electron chi connectivity index (χ4n) is 1.75. The Balaban J connectivity index is 2.19. The van der Waals surface area contributed by atoms with Crippen molar-refractivity contribution >= 4 is 15.9 Å². The molecule has 0 aromatic heterocycles. The van der Waals surface area contributed by atoms with Crippen LogP contribution in [0.3, 0.4) is 0 Å². The molecule has 0 fully saturated rings. The monoisotopic (exact) mass is 324 g/mol. The van der Waals surface area contributed by atoms with Gasteiger partial charge >= 0.3 is 0 Å². The van der Waals surface area contributed by atoms with Crippen LogP contribution in [0.1, 0.15) is 24.2 Å². The summed E-state index contributed by atoms with van der Waals surface area (Å²) >= 11 is 3.43. The number of hydrogen-bond acceptors (Lipinski definition) is 2. The van der Waals surface area contributed by atoms with E-state index >= 15 is 0 Å². The van der Waals surface area contributed by atoms with E-state index in [0.717, 1.165) is 10.0 Å². The van der Waals surface area contributed by atoms with E-state index in [4.69, 9.17) is 4.74 Å². The van der Waals surface area contributed by atoms with E-state index in [9.17, 15) is 9.50 Å².